The van der Waals surface area contributed by atoms with E-state index in [4.69, 9.17) is 0 Å². The van der Waals surface area contributed by atoms with E-state index in [2.05, 4.69) is 94.0 Å². The molecule has 2 rings (SSSR count). The van der Waals surface area contributed by atoms with E-state index in [0.717, 1.165) is 0 Å². The van der Waals surface area contributed by atoms with E-state index in [1.54, 1.807) is 5.19 Å². The summed E-state index contributed by atoms with van der Waals surface area (Å²) in [6.07, 6.45) is 0. The summed E-state index contributed by atoms with van der Waals surface area (Å²) in [6.45, 7) is 17.7. The first kappa shape index (κ1) is 21.0. The maximum Gasteiger partial charge on any atom is 1.00 e. The zero-order valence-corrected chi connectivity index (χ0v) is 19.3. The van der Waals surface area contributed by atoms with Crippen LogP contribution in [0.25, 0.3) is 10.8 Å². The monoisotopic (exact) mass is 350 g/mol. The molecule has 4 heteroatoms. The van der Waals surface area contributed by atoms with Gasteiger partial charge in [-0.2, -0.15) is 0 Å². The average Bonchev–Trinajstić information content (AvgIpc) is 2.33. The zero-order chi connectivity index (χ0) is 16.6. The van der Waals surface area contributed by atoms with Crippen molar-refractivity contribution in [1.82, 2.24) is 0 Å². The van der Waals surface area contributed by atoms with Gasteiger partial charge < -0.3 is 5.67 Å². The standard InChI is InChI=1S/C19H31Si3.Li/c1-20(2,3)15-22(7,16-21(4,5)6)19-14-10-12-17-11-8-9-13-18(17)19;/h8-15H,16H2,1-7H3;/q-1;+1. The molecule has 0 saturated carbocycles. The van der Waals surface area contributed by atoms with Crippen LogP contribution in [0.4, 0.5) is 0 Å². The molecule has 0 aliphatic heterocycles. The fourth-order valence-electron chi connectivity index (χ4n) is 4.00. The molecule has 1 atom stereocenters. The molecule has 23 heavy (non-hydrogen) atoms. The smallest absolute Gasteiger partial charge is 0.322 e. The minimum Gasteiger partial charge on any atom is -0.322 e. The molecule has 0 spiro atoms. The minimum atomic E-state index is -1.56. The predicted molar refractivity (Wildman–Crippen MR) is 111 cm³/mol. The van der Waals surface area contributed by atoms with Gasteiger partial charge in [-0.25, -0.2) is 0 Å². The van der Waals surface area contributed by atoms with Crippen molar-refractivity contribution in [2.24, 2.45) is 0 Å². The number of hydrogen-bond donors (Lipinski definition) is 0. The molecule has 0 nitrogen and oxygen atoms in total. The number of benzene rings is 2. The zero-order valence-electron chi connectivity index (χ0n) is 16.3. The second-order valence-electron chi connectivity index (χ2n) is 9.19. The van der Waals surface area contributed by atoms with Crippen molar-refractivity contribution >= 4 is 40.2 Å². The summed E-state index contributed by atoms with van der Waals surface area (Å²) in [5.74, 6) is 0. The Bertz CT molecular complexity index is 632. The summed E-state index contributed by atoms with van der Waals surface area (Å²) in [4.78, 5) is 0. The second-order valence-corrected chi connectivity index (χ2v) is 25.0. The van der Waals surface area contributed by atoms with Crippen molar-refractivity contribution in [2.45, 2.75) is 51.5 Å². The van der Waals surface area contributed by atoms with Crippen LogP contribution < -0.4 is 24.0 Å². The summed E-state index contributed by atoms with van der Waals surface area (Å²) >= 11 is 0. The first-order valence-corrected chi connectivity index (χ1v) is 18.4. The van der Waals surface area contributed by atoms with Crippen LogP contribution in [-0.2, 0) is 0 Å². The van der Waals surface area contributed by atoms with Crippen molar-refractivity contribution in [3.63, 3.8) is 0 Å². The third-order valence-corrected chi connectivity index (χ3v) is 18.9. The fraction of sp³-hybridized carbons (Fsp3) is 0.421. The predicted octanol–water partition coefficient (Wildman–Crippen LogP) is 2.63. The van der Waals surface area contributed by atoms with Gasteiger partial charge in [0.15, 0.2) is 0 Å². The molecule has 0 fully saturated rings. The van der Waals surface area contributed by atoms with E-state index >= 15 is 0 Å². The topological polar surface area (TPSA) is 0 Å². The first-order valence-electron chi connectivity index (χ1n) is 8.36. The molecular formula is C19H31LiSi3. The molecule has 2 aromatic rings. The Morgan fingerprint density at radius 1 is 0.783 bits per heavy atom. The van der Waals surface area contributed by atoms with Gasteiger partial charge in [-0.1, -0.05) is 107 Å². The van der Waals surface area contributed by atoms with Gasteiger partial charge in [0.1, 0.15) is 0 Å². The molecule has 0 saturated heterocycles. The molecule has 0 radical (unpaired) electrons. The Balaban J connectivity index is 0.00000264. The maximum absolute atomic E-state index is 2.86. The third kappa shape index (κ3) is 5.76. The molecule has 2 aromatic carbocycles. The summed E-state index contributed by atoms with van der Waals surface area (Å²) in [6, 6.07) is 15.9. The van der Waals surface area contributed by atoms with Crippen LogP contribution in [0.3, 0.4) is 0 Å². The average molecular weight is 351 g/mol. The molecule has 0 N–H and O–H groups in total. The summed E-state index contributed by atoms with van der Waals surface area (Å²) in [5, 5.41) is 4.56. The van der Waals surface area contributed by atoms with Crippen molar-refractivity contribution < 1.29 is 18.9 Å². The SMILES string of the molecule is C[Si](C)(C)[CH-][Si](C)(C[Si](C)(C)C)c1cccc2ccccc12.[Li+]. The quantitative estimate of drug-likeness (QED) is 0.574. The van der Waals surface area contributed by atoms with Crippen molar-refractivity contribution in [3.05, 3.63) is 48.1 Å². The van der Waals surface area contributed by atoms with Crippen molar-refractivity contribution in [3.8, 4) is 0 Å². The van der Waals surface area contributed by atoms with Crippen LogP contribution >= 0.6 is 0 Å². The van der Waals surface area contributed by atoms with Crippen LogP contribution in [-0.4, -0.2) is 24.2 Å². The molecule has 0 heterocycles. The number of fused-ring (bicyclic) bond motifs is 1. The molecule has 0 bridgehead atoms. The molecule has 0 aliphatic rings. The van der Waals surface area contributed by atoms with Gasteiger partial charge in [0.25, 0.3) is 0 Å². The maximum atomic E-state index is 2.86. The summed E-state index contributed by atoms with van der Waals surface area (Å²) in [7, 11) is -3.88. The van der Waals surface area contributed by atoms with Crippen LogP contribution in [0.5, 0.6) is 0 Å². The van der Waals surface area contributed by atoms with Gasteiger partial charge in [0.05, 0.1) is 0 Å². The van der Waals surface area contributed by atoms with Gasteiger partial charge in [-0.15, -0.1) is 8.07 Å². The van der Waals surface area contributed by atoms with Gasteiger partial charge in [-0.05, 0) is 10.8 Å². The van der Waals surface area contributed by atoms with Gasteiger partial charge >= 0.3 is 18.9 Å². The van der Waals surface area contributed by atoms with E-state index in [0.29, 0.717) is 0 Å². The normalized spacial score (nSPS) is 15.1. The molecule has 1 unspecified atom stereocenters. The van der Waals surface area contributed by atoms with E-state index in [-0.39, 0.29) is 18.9 Å². The van der Waals surface area contributed by atoms with Crippen LogP contribution in [0.15, 0.2) is 42.5 Å². The number of hydrogen-bond acceptors (Lipinski definition) is 0. The molecular weight excluding hydrogens is 319 g/mol. The van der Waals surface area contributed by atoms with Gasteiger partial charge in [0, 0.05) is 8.07 Å². The Kier molecular flexibility index (Phi) is 6.80. The largest absolute Gasteiger partial charge is 1.00 e. The summed E-state index contributed by atoms with van der Waals surface area (Å²) in [5.41, 5.74) is 4.32. The second kappa shape index (κ2) is 7.45. The van der Waals surface area contributed by atoms with E-state index in [1.165, 1.54) is 16.4 Å². The molecule has 120 valence electrons. The third-order valence-electron chi connectivity index (χ3n) is 4.05. The molecule has 0 amide bonds. The Hall–Kier alpha value is -0.0519. The van der Waals surface area contributed by atoms with E-state index in [1.807, 2.05) is 0 Å². The summed E-state index contributed by atoms with van der Waals surface area (Å²) < 4.78 is 0. The van der Waals surface area contributed by atoms with Crippen LogP contribution in [0.1, 0.15) is 0 Å². The fourth-order valence-corrected chi connectivity index (χ4v) is 24.5. The number of rotatable bonds is 5. The van der Waals surface area contributed by atoms with E-state index < -0.39 is 24.2 Å². The van der Waals surface area contributed by atoms with E-state index in [9.17, 15) is 0 Å². The van der Waals surface area contributed by atoms with Gasteiger partial charge in [0.2, 0.25) is 0 Å². The van der Waals surface area contributed by atoms with Gasteiger partial charge in [-0.3, -0.25) is 0 Å². The van der Waals surface area contributed by atoms with Crippen LogP contribution in [0.2, 0.25) is 51.5 Å². The van der Waals surface area contributed by atoms with Crippen molar-refractivity contribution in [1.29, 1.82) is 0 Å². The Morgan fingerprint density at radius 3 is 1.91 bits per heavy atom. The van der Waals surface area contributed by atoms with Crippen molar-refractivity contribution in [2.75, 3.05) is 0 Å². The first-order chi connectivity index (χ1) is 10.0. The Labute approximate surface area is 158 Å². The van der Waals surface area contributed by atoms with Crippen LogP contribution in [0, 0.1) is 5.67 Å². The molecule has 0 aliphatic carbocycles. The minimum absolute atomic E-state index is 0. The Morgan fingerprint density at radius 2 is 1.35 bits per heavy atom. The molecule has 0 aromatic heterocycles.